The van der Waals surface area contributed by atoms with Crippen LogP contribution in [0.15, 0.2) is 78.9 Å². The zero-order valence-corrected chi connectivity index (χ0v) is 29.9. The first-order valence-electron chi connectivity index (χ1n) is 17.2. The minimum absolute atomic E-state index is 0.00838. The van der Waals surface area contributed by atoms with Crippen LogP contribution in [0.4, 0.5) is 0 Å². The fourth-order valence-corrected chi connectivity index (χ4v) is 5.93. The molecule has 0 amide bonds. The molecule has 278 valence electrons. The van der Waals surface area contributed by atoms with Crippen molar-refractivity contribution in [3.63, 3.8) is 0 Å². The van der Waals surface area contributed by atoms with Crippen molar-refractivity contribution < 1.29 is 33.7 Å². The fraction of sp³-hybridized carbons (Fsp3) is 0.351. The van der Waals surface area contributed by atoms with Gasteiger partial charge in [-0.25, -0.2) is 4.98 Å². The molecular weight excluding hydrogens is 706 g/mol. The molecule has 15 nitrogen and oxygen atoms in total. The molecule has 0 spiro atoms. The number of nitrogens with zero attached hydrogens (tertiary/aromatic N) is 6. The molecule has 0 radical (unpaired) electrons. The third-order valence-electron chi connectivity index (χ3n) is 8.31. The number of aromatic nitrogens is 6. The molecule has 0 fully saturated rings. The number of ether oxygens (including phenoxy) is 3. The van der Waals surface area contributed by atoms with Gasteiger partial charge in [-0.3, -0.25) is 9.59 Å². The van der Waals surface area contributed by atoms with Crippen LogP contribution in [-0.4, -0.2) is 73.6 Å². The third-order valence-corrected chi connectivity index (χ3v) is 8.62. The highest BCUT2D eigenvalue weighted by Gasteiger charge is 2.26. The maximum absolute atomic E-state index is 13.3. The fourth-order valence-electron chi connectivity index (χ4n) is 5.67. The number of benzene rings is 3. The van der Waals surface area contributed by atoms with Crippen molar-refractivity contribution in [3.8, 4) is 22.5 Å². The number of unbranched alkanes of at least 4 members (excludes halogenated alkanes) is 1. The summed E-state index contributed by atoms with van der Waals surface area (Å²) < 4.78 is 18.3. The molecule has 0 saturated carbocycles. The Morgan fingerprint density at radius 2 is 1.66 bits per heavy atom. The van der Waals surface area contributed by atoms with Gasteiger partial charge >= 0.3 is 11.9 Å². The van der Waals surface area contributed by atoms with Gasteiger partial charge in [0.15, 0.2) is 5.15 Å². The molecule has 5 rings (SSSR count). The van der Waals surface area contributed by atoms with E-state index in [0.717, 1.165) is 46.5 Å². The Bertz CT molecular complexity index is 1920. The second kappa shape index (κ2) is 19.8. The summed E-state index contributed by atoms with van der Waals surface area (Å²) in [6.07, 6.45) is 2.58. The van der Waals surface area contributed by atoms with Crippen molar-refractivity contribution in [3.05, 3.63) is 117 Å². The minimum atomic E-state index is -0.912. The summed E-state index contributed by atoms with van der Waals surface area (Å²) in [5, 5.41) is 24.1. The molecule has 0 bridgehead atoms. The number of hydrogen-bond donors (Lipinski definition) is 1. The number of carbonyl (C=O) groups is 2. The summed E-state index contributed by atoms with van der Waals surface area (Å²) in [7, 11) is 0. The smallest absolute Gasteiger partial charge is 0.309 e. The van der Waals surface area contributed by atoms with Gasteiger partial charge in [-0.15, -0.1) is 20.3 Å². The first kappa shape index (κ1) is 38.6. The van der Waals surface area contributed by atoms with Gasteiger partial charge < -0.3 is 23.6 Å². The molecule has 3 aromatic carbocycles. The van der Waals surface area contributed by atoms with Gasteiger partial charge in [0, 0.05) is 18.5 Å². The molecule has 0 saturated heterocycles. The standard InChI is InChI=1S/C37H40ClN7O8/c1-2-3-13-33-39-35(38)32(44(33)24-27-14-16-28(17-15-27)30-11-7-8-12-31(30)36-40-42-43-41-36)25-52-34(46)23-29(22-26-9-5-4-6-10-26)37(47)51-20-18-50-19-21-53-45(48)49/h4-12,14-17,29H,2-3,13,18-25H2,1H3,(H,40,41,42,43). The van der Waals surface area contributed by atoms with Gasteiger partial charge in [0.25, 0.3) is 5.09 Å². The molecule has 2 heterocycles. The lowest BCUT2D eigenvalue weighted by molar-refractivity contribution is -0.758. The van der Waals surface area contributed by atoms with Crippen LogP contribution in [0, 0.1) is 16.0 Å². The van der Waals surface area contributed by atoms with Crippen LogP contribution in [0.5, 0.6) is 0 Å². The van der Waals surface area contributed by atoms with E-state index in [0.29, 0.717) is 24.5 Å². The van der Waals surface area contributed by atoms with Crippen molar-refractivity contribution in [2.24, 2.45) is 5.92 Å². The van der Waals surface area contributed by atoms with E-state index in [2.05, 4.69) is 37.4 Å². The van der Waals surface area contributed by atoms with Crippen LogP contribution in [0.2, 0.25) is 5.15 Å². The number of halogens is 1. The molecule has 53 heavy (non-hydrogen) atoms. The third kappa shape index (κ3) is 11.4. The van der Waals surface area contributed by atoms with Gasteiger partial charge in [-0.2, -0.15) is 5.21 Å². The first-order valence-corrected chi connectivity index (χ1v) is 17.6. The maximum Gasteiger partial charge on any atom is 0.309 e. The predicted molar refractivity (Wildman–Crippen MR) is 193 cm³/mol. The van der Waals surface area contributed by atoms with Gasteiger partial charge in [0.1, 0.15) is 25.6 Å². The average molecular weight is 746 g/mol. The second-order valence-corrected chi connectivity index (χ2v) is 12.4. The number of H-pyrrole nitrogens is 1. The lowest BCUT2D eigenvalue weighted by Gasteiger charge is -2.17. The molecule has 16 heteroatoms. The Labute approximate surface area is 310 Å². The van der Waals surface area contributed by atoms with E-state index < -0.39 is 22.9 Å². The van der Waals surface area contributed by atoms with Crippen molar-refractivity contribution in [1.82, 2.24) is 30.2 Å². The van der Waals surface area contributed by atoms with Crippen molar-refractivity contribution in [2.75, 3.05) is 26.4 Å². The highest BCUT2D eigenvalue weighted by Crippen LogP contribution is 2.30. The number of carbonyl (C=O) groups excluding carboxylic acids is 2. The molecule has 5 aromatic rings. The second-order valence-electron chi connectivity index (χ2n) is 12.0. The summed E-state index contributed by atoms with van der Waals surface area (Å²) in [6, 6.07) is 25.2. The van der Waals surface area contributed by atoms with E-state index in [9.17, 15) is 19.7 Å². The quantitative estimate of drug-likeness (QED) is 0.0410. The van der Waals surface area contributed by atoms with Crippen LogP contribution in [-0.2, 0) is 54.6 Å². The Kier molecular flexibility index (Phi) is 14.4. The van der Waals surface area contributed by atoms with Crippen LogP contribution in [0.1, 0.15) is 48.8 Å². The molecule has 1 unspecified atom stereocenters. The lowest BCUT2D eigenvalue weighted by atomic mass is 9.96. The highest BCUT2D eigenvalue weighted by molar-refractivity contribution is 6.30. The van der Waals surface area contributed by atoms with E-state index in [4.69, 9.17) is 25.8 Å². The molecule has 0 aliphatic carbocycles. The Morgan fingerprint density at radius 1 is 0.925 bits per heavy atom. The number of hydrogen-bond acceptors (Lipinski definition) is 12. The highest BCUT2D eigenvalue weighted by atomic mass is 35.5. The summed E-state index contributed by atoms with van der Waals surface area (Å²) >= 11 is 6.66. The van der Waals surface area contributed by atoms with E-state index in [1.165, 1.54) is 0 Å². The maximum atomic E-state index is 13.3. The Balaban J connectivity index is 1.25. The van der Waals surface area contributed by atoms with Crippen LogP contribution in [0.3, 0.4) is 0 Å². The van der Waals surface area contributed by atoms with Crippen LogP contribution >= 0.6 is 11.6 Å². The summed E-state index contributed by atoms with van der Waals surface area (Å²) in [4.78, 5) is 45.4. The predicted octanol–water partition coefficient (Wildman–Crippen LogP) is 5.83. The number of esters is 2. The minimum Gasteiger partial charge on any atom is -0.463 e. The average Bonchev–Trinajstić information content (AvgIpc) is 3.81. The van der Waals surface area contributed by atoms with Gasteiger partial charge in [0.2, 0.25) is 5.82 Å². The SMILES string of the molecule is CCCCc1nc(Cl)c(COC(=O)CC(Cc2ccccc2)C(=O)OCCOCCO[N+](=O)[O-])n1Cc1ccc(-c2ccccc2-c2nn[nH]n2)cc1. The number of tetrazole rings is 1. The van der Waals surface area contributed by atoms with E-state index >= 15 is 0 Å². The molecule has 0 aliphatic rings. The van der Waals surface area contributed by atoms with Gasteiger partial charge in [0.05, 0.1) is 31.2 Å². The summed E-state index contributed by atoms with van der Waals surface area (Å²) in [6.45, 7) is 2.04. The van der Waals surface area contributed by atoms with Gasteiger partial charge in [-0.05, 0) is 40.3 Å². The molecular formula is C37H40ClN7O8. The molecule has 1 atom stereocenters. The van der Waals surface area contributed by atoms with Crippen LogP contribution < -0.4 is 0 Å². The number of nitrogens with one attached hydrogen (secondary N) is 1. The summed E-state index contributed by atoms with van der Waals surface area (Å²) in [5.41, 5.74) is 5.19. The normalized spacial score (nSPS) is 11.6. The molecule has 0 aliphatic heterocycles. The topological polar surface area (TPSA) is 186 Å². The van der Waals surface area contributed by atoms with Crippen LogP contribution in [0.25, 0.3) is 22.5 Å². The molecule has 1 N–H and O–H groups in total. The zero-order valence-electron chi connectivity index (χ0n) is 29.2. The Hall–Kier alpha value is -5.67. The first-order chi connectivity index (χ1) is 25.8. The van der Waals surface area contributed by atoms with Crippen molar-refractivity contribution in [2.45, 2.75) is 52.2 Å². The number of rotatable bonds is 21. The van der Waals surface area contributed by atoms with Crippen molar-refractivity contribution in [1.29, 1.82) is 0 Å². The monoisotopic (exact) mass is 745 g/mol. The number of aromatic amines is 1. The summed E-state index contributed by atoms with van der Waals surface area (Å²) in [5.74, 6) is -0.728. The van der Waals surface area contributed by atoms with Gasteiger partial charge in [-0.1, -0.05) is 104 Å². The van der Waals surface area contributed by atoms with E-state index in [1.54, 1.807) is 0 Å². The molecule has 2 aromatic heterocycles. The van der Waals surface area contributed by atoms with E-state index in [1.807, 2.05) is 83.4 Å². The largest absolute Gasteiger partial charge is 0.463 e. The van der Waals surface area contributed by atoms with Crippen molar-refractivity contribution >= 4 is 23.5 Å². The zero-order chi connectivity index (χ0) is 37.4. The van der Waals surface area contributed by atoms with E-state index in [-0.39, 0.29) is 51.0 Å². The number of aryl methyl sites for hydroxylation is 1. The lowest BCUT2D eigenvalue weighted by Crippen LogP contribution is -2.25. The Morgan fingerprint density at radius 3 is 2.38 bits per heavy atom. The number of imidazole rings is 1.